The lowest BCUT2D eigenvalue weighted by molar-refractivity contribution is 0.0197. The normalized spacial score (nSPS) is 16.3. The smallest absolute Gasteiger partial charge is 0.410 e. The number of carbonyl (C=O) groups excluding carboxylic acids is 1. The largest absolute Gasteiger partial charge is 0.444 e. The zero-order chi connectivity index (χ0) is 30.4. The third-order valence-electron chi connectivity index (χ3n) is 6.96. The quantitative estimate of drug-likeness (QED) is 0.325. The molecule has 1 N–H and O–H groups in total. The van der Waals surface area contributed by atoms with E-state index in [2.05, 4.69) is 15.5 Å². The van der Waals surface area contributed by atoms with Gasteiger partial charge < -0.3 is 15.0 Å². The molecule has 0 bridgehead atoms. The van der Waals surface area contributed by atoms with Crippen molar-refractivity contribution in [3.8, 4) is 11.1 Å². The predicted molar refractivity (Wildman–Crippen MR) is 161 cm³/mol. The molecular formula is C28H35ClN8O4S. The molecule has 1 atom stereocenters. The number of piperidine rings is 1. The minimum Gasteiger partial charge on any atom is -0.444 e. The van der Waals surface area contributed by atoms with E-state index >= 15 is 0 Å². The zero-order valence-electron chi connectivity index (χ0n) is 24.5. The van der Waals surface area contributed by atoms with Crippen LogP contribution in [0.2, 0.25) is 5.02 Å². The maximum absolute atomic E-state index is 12.9. The molecule has 12 nitrogen and oxygen atoms in total. The molecule has 1 fully saturated rings. The molecule has 42 heavy (non-hydrogen) atoms. The Balaban J connectivity index is 1.57. The summed E-state index contributed by atoms with van der Waals surface area (Å²) >= 11 is 6.29. The zero-order valence-corrected chi connectivity index (χ0v) is 26.1. The van der Waals surface area contributed by atoms with Crippen LogP contribution in [0, 0.1) is 0 Å². The fraction of sp³-hybridized carbons (Fsp3) is 0.429. The van der Waals surface area contributed by atoms with Crippen molar-refractivity contribution in [2.45, 2.75) is 50.0 Å². The minimum absolute atomic E-state index is 0.0125. The van der Waals surface area contributed by atoms with Crippen molar-refractivity contribution >= 4 is 44.9 Å². The van der Waals surface area contributed by atoms with Gasteiger partial charge in [-0.05, 0) is 51.8 Å². The number of nitrogens with one attached hydrogen (secondary N) is 1. The molecule has 1 aliphatic rings. The van der Waals surface area contributed by atoms with Gasteiger partial charge in [-0.2, -0.15) is 14.7 Å². The molecule has 1 aliphatic heterocycles. The second kappa shape index (κ2) is 11.2. The highest BCUT2D eigenvalue weighted by atomic mass is 35.5. The van der Waals surface area contributed by atoms with E-state index in [1.807, 2.05) is 40.1 Å². The number of benzene rings is 1. The number of hydrogen-bond donors (Lipinski definition) is 1. The first-order valence-corrected chi connectivity index (χ1v) is 15.4. The summed E-state index contributed by atoms with van der Waals surface area (Å²) in [5, 5.41) is 12.4. The van der Waals surface area contributed by atoms with Gasteiger partial charge in [0, 0.05) is 69.2 Å². The molecule has 1 unspecified atom stereocenters. The van der Waals surface area contributed by atoms with Crippen LogP contribution >= 0.6 is 11.6 Å². The molecule has 0 spiro atoms. The summed E-state index contributed by atoms with van der Waals surface area (Å²) in [6.07, 6.45) is 6.66. The molecule has 0 aliphatic carbocycles. The number of ether oxygens (including phenoxy) is 1. The number of aryl methyl sites for hydroxylation is 1. The monoisotopic (exact) mass is 614 g/mol. The Morgan fingerprint density at radius 1 is 1.17 bits per heavy atom. The molecule has 1 amide bonds. The number of amides is 1. The molecule has 1 saturated heterocycles. The van der Waals surface area contributed by atoms with Gasteiger partial charge in [-0.25, -0.2) is 22.5 Å². The van der Waals surface area contributed by atoms with Crippen molar-refractivity contribution in [1.29, 1.82) is 0 Å². The Labute approximate surface area is 250 Å². The summed E-state index contributed by atoms with van der Waals surface area (Å²) in [6.45, 7) is 6.63. The summed E-state index contributed by atoms with van der Waals surface area (Å²) in [5.74, 6) is 0.526. The van der Waals surface area contributed by atoms with Gasteiger partial charge in [0.25, 0.3) is 0 Å². The van der Waals surface area contributed by atoms with Crippen molar-refractivity contribution in [2.24, 2.45) is 7.05 Å². The number of aromatic nitrogens is 5. The molecule has 5 rings (SSSR count). The van der Waals surface area contributed by atoms with Gasteiger partial charge >= 0.3 is 6.09 Å². The van der Waals surface area contributed by atoms with Crippen molar-refractivity contribution in [1.82, 2.24) is 33.6 Å². The first-order valence-electron chi connectivity index (χ1n) is 13.6. The molecular weight excluding hydrogens is 580 g/mol. The van der Waals surface area contributed by atoms with E-state index in [-0.39, 0.29) is 21.9 Å². The standard InChI is InChI=1S/C28H35ClN8O4S/c1-28(2,3)41-27(38)36-11-7-8-18(17-36)23-13-25(32-20-9-10-22(29)24(12-20)42(39,40)34(4)5)37-26(33-23)21(15-31-37)19-14-30-35(6)16-19/h9-10,12-16,18,32H,7-8,11,17H2,1-6H3. The summed E-state index contributed by atoms with van der Waals surface area (Å²) in [4.78, 5) is 19.6. The Hall–Kier alpha value is -3.68. The number of sulfonamides is 1. The SMILES string of the molecule is CN(C)S(=O)(=O)c1cc(Nc2cc(C3CCCN(C(=O)OC(C)(C)C)C3)nc3c(-c4cnn(C)c4)cnn23)ccc1Cl. The fourth-order valence-electron chi connectivity index (χ4n) is 4.88. The minimum atomic E-state index is -3.78. The van der Waals surface area contributed by atoms with Crippen molar-refractivity contribution in [2.75, 3.05) is 32.5 Å². The van der Waals surface area contributed by atoms with Crippen LogP contribution in [0.4, 0.5) is 16.3 Å². The van der Waals surface area contributed by atoms with Gasteiger partial charge in [0.15, 0.2) is 5.65 Å². The molecule has 224 valence electrons. The lowest BCUT2D eigenvalue weighted by Gasteiger charge is -2.34. The molecule has 3 aromatic heterocycles. The molecule has 1 aromatic carbocycles. The van der Waals surface area contributed by atoms with Crippen LogP contribution in [0.5, 0.6) is 0 Å². The highest BCUT2D eigenvalue weighted by molar-refractivity contribution is 7.89. The Morgan fingerprint density at radius 2 is 1.93 bits per heavy atom. The van der Waals surface area contributed by atoms with E-state index in [0.717, 1.165) is 34.0 Å². The van der Waals surface area contributed by atoms with E-state index in [1.54, 1.807) is 38.6 Å². The molecule has 0 saturated carbocycles. The number of fused-ring (bicyclic) bond motifs is 1. The average Bonchev–Trinajstić information content (AvgIpc) is 3.54. The van der Waals surface area contributed by atoms with Crippen molar-refractivity contribution in [3.05, 3.63) is 53.6 Å². The number of anilines is 2. The van der Waals surface area contributed by atoms with Gasteiger partial charge in [0.05, 0.1) is 23.1 Å². The Bertz CT molecular complexity index is 1740. The van der Waals surface area contributed by atoms with Crippen LogP contribution in [0.15, 0.2) is 47.8 Å². The van der Waals surface area contributed by atoms with E-state index < -0.39 is 15.6 Å². The summed E-state index contributed by atoms with van der Waals surface area (Å²) in [6, 6.07) is 6.65. The van der Waals surface area contributed by atoms with E-state index in [1.165, 1.54) is 20.2 Å². The highest BCUT2D eigenvalue weighted by Crippen LogP contribution is 2.34. The van der Waals surface area contributed by atoms with Crippen LogP contribution in [0.25, 0.3) is 16.8 Å². The molecule has 0 radical (unpaired) electrons. The van der Waals surface area contributed by atoms with Crippen molar-refractivity contribution in [3.63, 3.8) is 0 Å². The molecule has 4 heterocycles. The van der Waals surface area contributed by atoms with Crippen LogP contribution in [-0.4, -0.2) is 80.9 Å². The topological polar surface area (TPSA) is 127 Å². The van der Waals surface area contributed by atoms with Crippen LogP contribution in [-0.2, 0) is 21.8 Å². The second-order valence-corrected chi connectivity index (χ2v) is 14.1. The van der Waals surface area contributed by atoms with E-state index in [0.29, 0.717) is 30.2 Å². The van der Waals surface area contributed by atoms with Gasteiger partial charge in [0.2, 0.25) is 10.0 Å². The Morgan fingerprint density at radius 3 is 2.60 bits per heavy atom. The number of likely N-dealkylation sites (tertiary alicyclic amines) is 1. The summed E-state index contributed by atoms with van der Waals surface area (Å²) in [5.41, 5.74) is 2.95. The summed E-state index contributed by atoms with van der Waals surface area (Å²) in [7, 11) is 0.977. The van der Waals surface area contributed by atoms with Gasteiger partial charge in [-0.15, -0.1) is 0 Å². The lowest BCUT2D eigenvalue weighted by Crippen LogP contribution is -2.42. The average molecular weight is 615 g/mol. The van der Waals surface area contributed by atoms with Gasteiger partial charge in [-0.3, -0.25) is 4.68 Å². The number of halogens is 1. The first kappa shape index (κ1) is 29.8. The second-order valence-electron chi connectivity index (χ2n) is 11.6. The van der Waals surface area contributed by atoms with Gasteiger partial charge in [0.1, 0.15) is 16.3 Å². The maximum Gasteiger partial charge on any atom is 0.410 e. The third-order valence-corrected chi connectivity index (χ3v) is 9.26. The first-order chi connectivity index (χ1) is 19.7. The van der Waals surface area contributed by atoms with E-state index in [9.17, 15) is 13.2 Å². The Kier molecular flexibility index (Phi) is 7.94. The highest BCUT2D eigenvalue weighted by Gasteiger charge is 2.30. The maximum atomic E-state index is 12.9. The predicted octanol–water partition coefficient (Wildman–Crippen LogP) is 4.89. The molecule has 14 heteroatoms. The fourth-order valence-corrected chi connectivity index (χ4v) is 6.27. The van der Waals surface area contributed by atoms with Crippen LogP contribution in [0.1, 0.15) is 45.2 Å². The van der Waals surface area contributed by atoms with Gasteiger partial charge in [-0.1, -0.05) is 11.6 Å². The van der Waals surface area contributed by atoms with Crippen molar-refractivity contribution < 1.29 is 17.9 Å². The summed E-state index contributed by atoms with van der Waals surface area (Å²) < 4.78 is 35.9. The van der Waals surface area contributed by atoms with Crippen LogP contribution in [0.3, 0.4) is 0 Å². The lowest BCUT2D eigenvalue weighted by atomic mass is 9.94. The number of carbonyl (C=O) groups is 1. The number of rotatable bonds is 6. The van der Waals surface area contributed by atoms with E-state index in [4.69, 9.17) is 21.3 Å². The van der Waals surface area contributed by atoms with Crippen LogP contribution < -0.4 is 5.32 Å². The third kappa shape index (κ3) is 6.08. The number of nitrogens with zero attached hydrogens (tertiary/aromatic N) is 7. The number of hydrogen-bond acceptors (Lipinski definition) is 8. The molecule has 4 aromatic rings.